The van der Waals surface area contributed by atoms with E-state index in [1.807, 2.05) is 0 Å². The number of benzene rings is 1. The second kappa shape index (κ2) is 3.50. The zero-order chi connectivity index (χ0) is 10.2. The van der Waals surface area contributed by atoms with E-state index in [2.05, 4.69) is 0 Å². The first-order valence-electron chi connectivity index (χ1n) is 4.36. The number of halogens is 3. The first-order valence-corrected chi connectivity index (χ1v) is 5.41. The van der Waals surface area contributed by atoms with Crippen molar-refractivity contribution >= 4 is 11.8 Å². The largest absolute Gasteiger partial charge is 0.416 e. The smallest absolute Gasteiger partial charge is 0.166 e. The lowest BCUT2D eigenvalue weighted by Gasteiger charge is -2.25. The van der Waals surface area contributed by atoms with Gasteiger partial charge in [-0.1, -0.05) is 18.2 Å². The Balaban J connectivity index is 2.26. The molecule has 14 heavy (non-hydrogen) atoms. The first kappa shape index (κ1) is 9.90. The topological polar surface area (TPSA) is 0 Å². The van der Waals surface area contributed by atoms with Crippen LogP contribution in [0.3, 0.4) is 0 Å². The Morgan fingerprint density at radius 3 is 2.50 bits per heavy atom. The van der Waals surface area contributed by atoms with Crippen LogP contribution in [0.5, 0.6) is 0 Å². The molecule has 0 nitrogen and oxygen atoms in total. The van der Waals surface area contributed by atoms with Gasteiger partial charge in [0.1, 0.15) is 0 Å². The van der Waals surface area contributed by atoms with Crippen LogP contribution in [0.15, 0.2) is 24.3 Å². The Labute approximate surface area is 84.5 Å². The van der Waals surface area contributed by atoms with Crippen LogP contribution in [0.1, 0.15) is 22.8 Å². The minimum atomic E-state index is -4.22. The maximum Gasteiger partial charge on any atom is 0.416 e. The molecule has 1 aliphatic rings. The van der Waals surface area contributed by atoms with E-state index in [9.17, 15) is 13.2 Å². The molecular weight excluding hydrogens is 209 g/mol. The zero-order valence-corrected chi connectivity index (χ0v) is 8.16. The summed E-state index contributed by atoms with van der Waals surface area (Å²) in [5, 5.41) is 0.275. The van der Waals surface area contributed by atoms with E-state index in [1.54, 1.807) is 17.8 Å². The molecule has 0 radical (unpaired) electrons. The highest BCUT2D eigenvalue weighted by atomic mass is 32.2. The van der Waals surface area contributed by atoms with E-state index in [0.717, 1.165) is 23.8 Å². The van der Waals surface area contributed by atoms with Gasteiger partial charge in [-0.15, -0.1) is 0 Å². The fourth-order valence-electron chi connectivity index (χ4n) is 1.41. The molecule has 0 saturated carbocycles. The van der Waals surface area contributed by atoms with E-state index in [0.29, 0.717) is 0 Å². The minimum Gasteiger partial charge on any atom is -0.166 e. The first-order chi connectivity index (χ1) is 6.57. The number of alkyl halides is 3. The standard InChI is InChI=1S/C10H9F3S/c11-10(12,13)8-3-1-2-7(6-8)9-4-5-14-9/h1-3,6,9H,4-5H2. The fourth-order valence-corrected chi connectivity index (χ4v) is 2.22. The van der Waals surface area contributed by atoms with Crippen molar-refractivity contribution in [3.8, 4) is 0 Å². The average Bonchev–Trinajstić information content (AvgIpc) is 2.00. The third-order valence-corrected chi connectivity index (χ3v) is 3.67. The minimum absolute atomic E-state index is 0.275. The van der Waals surface area contributed by atoms with Crippen LogP contribution in [0, 0.1) is 0 Å². The third kappa shape index (κ3) is 1.90. The highest BCUT2D eigenvalue weighted by molar-refractivity contribution is 8.00. The van der Waals surface area contributed by atoms with Gasteiger partial charge < -0.3 is 0 Å². The van der Waals surface area contributed by atoms with Gasteiger partial charge in [-0.2, -0.15) is 24.9 Å². The third-order valence-electron chi connectivity index (χ3n) is 2.28. The van der Waals surface area contributed by atoms with Crippen LogP contribution in [0.25, 0.3) is 0 Å². The van der Waals surface area contributed by atoms with Crippen LogP contribution in [0.4, 0.5) is 13.2 Å². The highest BCUT2D eigenvalue weighted by Crippen LogP contribution is 2.43. The Morgan fingerprint density at radius 2 is 2.00 bits per heavy atom. The second-order valence-electron chi connectivity index (χ2n) is 3.27. The molecule has 76 valence electrons. The van der Waals surface area contributed by atoms with Crippen LogP contribution < -0.4 is 0 Å². The number of hydrogen-bond donors (Lipinski definition) is 0. The van der Waals surface area contributed by atoms with Crippen molar-refractivity contribution in [3.63, 3.8) is 0 Å². The van der Waals surface area contributed by atoms with E-state index in [-0.39, 0.29) is 5.25 Å². The Bertz CT molecular complexity index is 328. The monoisotopic (exact) mass is 218 g/mol. The maximum atomic E-state index is 12.3. The van der Waals surface area contributed by atoms with E-state index in [1.165, 1.54) is 12.1 Å². The number of thioether (sulfide) groups is 1. The molecule has 1 aromatic rings. The normalized spacial score (nSPS) is 21.8. The van der Waals surface area contributed by atoms with Gasteiger partial charge in [0, 0.05) is 5.25 Å². The van der Waals surface area contributed by atoms with Crippen molar-refractivity contribution in [2.45, 2.75) is 17.8 Å². The number of hydrogen-bond acceptors (Lipinski definition) is 1. The van der Waals surface area contributed by atoms with Crippen molar-refractivity contribution in [1.82, 2.24) is 0 Å². The highest BCUT2D eigenvalue weighted by Gasteiger charge is 2.31. The fraction of sp³-hybridized carbons (Fsp3) is 0.400. The molecule has 1 atom stereocenters. The second-order valence-corrected chi connectivity index (χ2v) is 4.58. The summed E-state index contributed by atoms with van der Waals surface area (Å²) >= 11 is 1.71. The zero-order valence-electron chi connectivity index (χ0n) is 7.34. The predicted molar refractivity (Wildman–Crippen MR) is 51.3 cm³/mol. The predicted octanol–water partition coefficient (Wildman–Crippen LogP) is 3.88. The van der Waals surface area contributed by atoms with Gasteiger partial charge in [-0.05, 0) is 23.8 Å². The Hall–Kier alpha value is -0.640. The quantitative estimate of drug-likeness (QED) is 0.689. The van der Waals surface area contributed by atoms with Crippen molar-refractivity contribution in [3.05, 3.63) is 35.4 Å². The van der Waals surface area contributed by atoms with Crippen LogP contribution >= 0.6 is 11.8 Å². The summed E-state index contributed by atoms with van der Waals surface area (Å²) in [6.45, 7) is 0. The summed E-state index contributed by atoms with van der Waals surface area (Å²) in [4.78, 5) is 0. The molecule has 0 aromatic heterocycles. The number of rotatable bonds is 1. The van der Waals surface area contributed by atoms with E-state index < -0.39 is 11.7 Å². The van der Waals surface area contributed by atoms with Gasteiger partial charge >= 0.3 is 6.18 Å². The van der Waals surface area contributed by atoms with Gasteiger partial charge in [0.15, 0.2) is 0 Å². The molecule has 0 spiro atoms. The molecule has 4 heteroatoms. The lowest BCUT2D eigenvalue weighted by atomic mass is 10.1. The average molecular weight is 218 g/mol. The molecule has 1 aromatic carbocycles. The maximum absolute atomic E-state index is 12.3. The molecule has 0 aliphatic carbocycles. The Morgan fingerprint density at radius 1 is 1.29 bits per heavy atom. The summed E-state index contributed by atoms with van der Waals surface area (Å²) in [6.07, 6.45) is -3.23. The Kier molecular flexibility index (Phi) is 2.47. The van der Waals surface area contributed by atoms with E-state index in [4.69, 9.17) is 0 Å². The molecule has 1 fully saturated rings. The summed E-state index contributed by atoms with van der Waals surface area (Å²) < 4.78 is 37.0. The lowest BCUT2D eigenvalue weighted by molar-refractivity contribution is -0.137. The van der Waals surface area contributed by atoms with Gasteiger partial charge in [-0.3, -0.25) is 0 Å². The van der Waals surface area contributed by atoms with Crippen LogP contribution in [0.2, 0.25) is 0 Å². The van der Waals surface area contributed by atoms with Crippen LogP contribution in [-0.4, -0.2) is 5.75 Å². The SMILES string of the molecule is FC(F)(F)c1cccc(C2CCS2)c1. The van der Waals surface area contributed by atoms with Crippen molar-refractivity contribution in [2.75, 3.05) is 5.75 Å². The molecule has 1 aliphatic heterocycles. The van der Waals surface area contributed by atoms with E-state index >= 15 is 0 Å². The van der Waals surface area contributed by atoms with Gasteiger partial charge in [0.25, 0.3) is 0 Å². The van der Waals surface area contributed by atoms with Gasteiger partial charge in [-0.25, -0.2) is 0 Å². The van der Waals surface area contributed by atoms with Crippen molar-refractivity contribution in [2.24, 2.45) is 0 Å². The molecule has 1 heterocycles. The molecule has 0 amide bonds. The van der Waals surface area contributed by atoms with Crippen molar-refractivity contribution < 1.29 is 13.2 Å². The van der Waals surface area contributed by atoms with Crippen LogP contribution in [-0.2, 0) is 6.18 Å². The summed E-state index contributed by atoms with van der Waals surface area (Å²) in [7, 11) is 0. The van der Waals surface area contributed by atoms with Crippen molar-refractivity contribution in [1.29, 1.82) is 0 Å². The molecule has 0 N–H and O–H groups in total. The molecule has 2 rings (SSSR count). The summed E-state index contributed by atoms with van der Waals surface area (Å²) in [5.74, 6) is 1.06. The molecule has 1 unspecified atom stereocenters. The molecule has 0 bridgehead atoms. The lowest BCUT2D eigenvalue weighted by Crippen LogP contribution is -2.10. The summed E-state index contributed by atoms with van der Waals surface area (Å²) in [5.41, 5.74) is 0.263. The van der Waals surface area contributed by atoms with Gasteiger partial charge in [0.2, 0.25) is 0 Å². The summed E-state index contributed by atoms with van der Waals surface area (Å²) in [6, 6.07) is 5.63. The molecule has 1 saturated heterocycles. The van der Waals surface area contributed by atoms with Gasteiger partial charge in [0.05, 0.1) is 5.56 Å². The molecular formula is C10H9F3S.